The number of rotatable bonds is 2. The number of pyridine rings is 2. The number of thiophene rings is 1. The molecular weight excluding hydrogens is 641 g/mol. The van der Waals surface area contributed by atoms with Crippen LogP contribution in [0.15, 0.2) is 103 Å². The van der Waals surface area contributed by atoms with Crippen molar-refractivity contribution in [3.8, 4) is 11.3 Å². The van der Waals surface area contributed by atoms with E-state index in [1.54, 1.807) is 17.5 Å². The zero-order valence-electron chi connectivity index (χ0n) is 19.3. The minimum Gasteiger partial charge on any atom is -0.305 e. The van der Waals surface area contributed by atoms with Gasteiger partial charge in [-0.2, -0.15) is 23.5 Å². The molecular formula is C30H20IrN4S. The van der Waals surface area contributed by atoms with Gasteiger partial charge in [-0.1, -0.05) is 39.5 Å². The Labute approximate surface area is 226 Å². The number of hydrogen-bond donors (Lipinski definition) is 0. The van der Waals surface area contributed by atoms with Gasteiger partial charge >= 0.3 is 6.01 Å². The van der Waals surface area contributed by atoms with Crippen molar-refractivity contribution in [1.29, 1.82) is 0 Å². The first-order valence-corrected chi connectivity index (χ1v) is 12.1. The summed E-state index contributed by atoms with van der Waals surface area (Å²) in [6.07, 6.45) is 3.63. The maximum absolute atomic E-state index is 4.50. The van der Waals surface area contributed by atoms with Crippen molar-refractivity contribution in [2.75, 3.05) is 7.05 Å². The van der Waals surface area contributed by atoms with Crippen molar-refractivity contribution in [3.63, 3.8) is 0 Å². The van der Waals surface area contributed by atoms with Crippen LogP contribution in [-0.4, -0.2) is 27.6 Å². The van der Waals surface area contributed by atoms with E-state index in [4.69, 9.17) is 0 Å². The summed E-state index contributed by atoms with van der Waals surface area (Å²) in [6, 6.07) is 40.1. The molecule has 1 radical (unpaired) electrons. The molecule has 0 unspecified atom stereocenters. The molecule has 4 nitrogen and oxygen atoms in total. The number of benzene rings is 3. The fraction of sp³-hybridized carbons (Fsp3) is 0.0333. The average molecular weight is 661 g/mol. The summed E-state index contributed by atoms with van der Waals surface area (Å²) >= 11 is 1.71. The molecule has 0 aliphatic carbocycles. The molecule has 1 aliphatic heterocycles. The van der Waals surface area contributed by atoms with Gasteiger partial charge in [0.15, 0.2) is 7.05 Å². The van der Waals surface area contributed by atoms with Gasteiger partial charge in [0, 0.05) is 44.6 Å². The predicted molar refractivity (Wildman–Crippen MR) is 143 cm³/mol. The molecule has 0 saturated heterocycles. The molecule has 36 heavy (non-hydrogen) atoms. The molecule has 6 heteroatoms. The third-order valence-corrected chi connectivity index (χ3v) is 6.93. The Bertz CT molecular complexity index is 1700. The van der Waals surface area contributed by atoms with Gasteiger partial charge in [-0.05, 0) is 27.9 Å². The average Bonchev–Trinajstić information content (AvgIpc) is 3.48. The van der Waals surface area contributed by atoms with Crippen molar-refractivity contribution in [2.24, 2.45) is 0 Å². The first kappa shape index (κ1) is 23.9. The summed E-state index contributed by atoms with van der Waals surface area (Å²) in [6.45, 7) is 0. The van der Waals surface area contributed by atoms with Crippen molar-refractivity contribution >= 4 is 54.7 Å². The van der Waals surface area contributed by atoms with Crippen molar-refractivity contribution in [1.82, 2.24) is 14.5 Å². The summed E-state index contributed by atoms with van der Waals surface area (Å²) in [7, 11) is 2.02. The molecule has 3 aromatic heterocycles. The molecule has 0 fully saturated rings. The molecule has 7 rings (SSSR count). The molecule has 0 saturated carbocycles. The Morgan fingerprint density at radius 1 is 0.750 bits per heavy atom. The SMILES string of the molecule is C[N+]1=C=[N+](c2[c-]ccc3c2sc2ncccc23)c2ccccc21.[Ir].[c-]1ccccc1-c1ccccn1. The summed E-state index contributed by atoms with van der Waals surface area (Å²) in [4.78, 5) is 9.78. The molecule has 0 amide bonds. The van der Waals surface area contributed by atoms with Crippen LogP contribution in [0.2, 0.25) is 0 Å². The van der Waals surface area contributed by atoms with E-state index in [0.717, 1.165) is 33.1 Å². The van der Waals surface area contributed by atoms with E-state index >= 15 is 0 Å². The quantitative estimate of drug-likeness (QED) is 0.147. The molecule has 1 aliphatic rings. The van der Waals surface area contributed by atoms with Crippen LogP contribution in [0.1, 0.15) is 0 Å². The van der Waals surface area contributed by atoms with Crippen LogP contribution in [0, 0.1) is 12.1 Å². The summed E-state index contributed by atoms with van der Waals surface area (Å²) < 4.78 is 5.31. The van der Waals surface area contributed by atoms with E-state index in [-0.39, 0.29) is 20.1 Å². The first-order valence-electron chi connectivity index (χ1n) is 11.2. The zero-order chi connectivity index (χ0) is 23.6. The van der Waals surface area contributed by atoms with Crippen LogP contribution in [0.3, 0.4) is 0 Å². The van der Waals surface area contributed by atoms with Crippen LogP contribution in [-0.2, 0) is 20.1 Å². The molecule has 0 bridgehead atoms. The maximum atomic E-state index is 4.50. The van der Waals surface area contributed by atoms with Crippen LogP contribution < -0.4 is 4.58 Å². The van der Waals surface area contributed by atoms with Gasteiger partial charge in [0.05, 0.1) is 0 Å². The Morgan fingerprint density at radius 2 is 1.56 bits per heavy atom. The molecule has 0 spiro atoms. The van der Waals surface area contributed by atoms with Crippen LogP contribution >= 0.6 is 11.3 Å². The number of nitrogens with zero attached hydrogens (tertiary/aromatic N) is 4. The maximum Gasteiger partial charge on any atom is 0.494 e. The van der Waals surface area contributed by atoms with Crippen molar-refractivity contribution < 1.29 is 24.7 Å². The van der Waals surface area contributed by atoms with Crippen LogP contribution in [0.5, 0.6) is 0 Å². The number of aromatic nitrogens is 2. The largest absolute Gasteiger partial charge is 0.494 e. The van der Waals surface area contributed by atoms with Gasteiger partial charge in [0.25, 0.3) is 11.4 Å². The topological polar surface area (TPSA) is 31.8 Å². The standard InChI is InChI=1S/C19H12N3S.C11H8N.Ir/c1-21-12-22(16-9-3-2-8-15(16)21)17-10-4-6-13-14-7-5-11-20-19(14)23-18(13)17;1-2-6-10(7-3-1)11-8-4-5-9-12-11;/h2-9,11H,1H3;1-6,8-9H;/q+1;-1;. The fourth-order valence-electron chi connectivity index (χ4n) is 4.17. The van der Waals surface area contributed by atoms with E-state index in [9.17, 15) is 0 Å². The fourth-order valence-corrected chi connectivity index (χ4v) is 5.30. The van der Waals surface area contributed by atoms with Gasteiger partial charge in [-0.25, -0.2) is 4.98 Å². The van der Waals surface area contributed by atoms with Crippen LogP contribution in [0.4, 0.5) is 17.1 Å². The Morgan fingerprint density at radius 3 is 2.36 bits per heavy atom. The predicted octanol–water partition coefficient (Wildman–Crippen LogP) is 7.09. The van der Waals surface area contributed by atoms with Gasteiger partial charge in [0.1, 0.15) is 10.5 Å². The van der Waals surface area contributed by atoms with Crippen LogP contribution in [0.25, 0.3) is 31.6 Å². The molecule has 4 heterocycles. The van der Waals surface area contributed by atoms with Crippen molar-refractivity contribution in [3.05, 3.63) is 116 Å². The first-order chi connectivity index (χ1) is 17.3. The number of fused-ring (bicyclic) bond motifs is 4. The van der Waals surface area contributed by atoms with E-state index in [2.05, 4.69) is 63.0 Å². The number of hydrogen-bond acceptors (Lipinski definition) is 3. The van der Waals surface area contributed by atoms with Gasteiger partial charge in [-0.15, -0.1) is 47.3 Å². The van der Waals surface area contributed by atoms with E-state index in [0.29, 0.717) is 0 Å². The monoisotopic (exact) mass is 661 g/mol. The third-order valence-electron chi connectivity index (χ3n) is 5.80. The molecule has 3 aromatic carbocycles. The van der Waals surface area contributed by atoms with E-state index in [1.165, 1.54) is 15.5 Å². The minimum atomic E-state index is 0. The van der Waals surface area contributed by atoms with E-state index < -0.39 is 0 Å². The van der Waals surface area contributed by atoms with Gasteiger partial charge in [0.2, 0.25) is 0 Å². The normalized spacial score (nSPS) is 11.7. The molecule has 175 valence electrons. The second-order valence-corrected chi connectivity index (χ2v) is 9.00. The minimum absolute atomic E-state index is 0. The summed E-state index contributed by atoms with van der Waals surface area (Å²) in [5, 5.41) is 2.42. The molecule has 0 atom stereocenters. The zero-order valence-corrected chi connectivity index (χ0v) is 22.6. The van der Waals surface area contributed by atoms with Crippen molar-refractivity contribution in [2.45, 2.75) is 0 Å². The Balaban J connectivity index is 0.000000175. The number of para-hydroxylation sites is 2. The van der Waals surface area contributed by atoms with E-state index in [1.807, 2.05) is 78.5 Å². The van der Waals surface area contributed by atoms with Gasteiger partial charge < -0.3 is 4.98 Å². The Kier molecular flexibility index (Phi) is 6.95. The summed E-state index contributed by atoms with van der Waals surface area (Å²) in [5.41, 5.74) is 5.32. The third kappa shape index (κ3) is 4.44. The summed E-state index contributed by atoms with van der Waals surface area (Å²) in [5.74, 6) is 0. The van der Waals surface area contributed by atoms with Gasteiger partial charge in [-0.3, -0.25) is 0 Å². The second-order valence-electron chi connectivity index (χ2n) is 8.00. The smallest absolute Gasteiger partial charge is 0.305 e. The second kappa shape index (κ2) is 10.4. The Hall–Kier alpha value is -3.79. The molecule has 6 aromatic rings. The molecule has 0 N–H and O–H groups in total.